The smallest absolute Gasteiger partial charge is 0.340 e. The number of hydrogen-bond donors (Lipinski definition) is 1. The number of likely N-dealkylation sites (tertiary alicyclic amines) is 1. The second-order valence-electron chi connectivity index (χ2n) is 5.40. The lowest BCUT2D eigenvalue weighted by Crippen LogP contribution is -2.31. The minimum Gasteiger partial charge on any atom is -0.465 e. The summed E-state index contributed by atoms with van der Waals surface area (Å²) in [5.74, 6) is -0.367. The van der Waals surface area contributed by atoms with Crippen molar-refractivity contribution in [2.45, 2.75) is 32.4 Å². The van der Waals surface area contributed by atoms with Gasteiger partial charge in [-0.25, -0.2) is 4.79 Å². The third kappa shape index (κ3) is 3.44. The number of halogens is 1. The summed E-state index contributed by atoms with van der Waals surface area (Å²) in [5.41, 5.74) is 1.28. The molecule has 1 N–H and O–H groups in total. The van der Waals surface area contributed by atoms with E-state index in [1.165, 1.54) is 7.11 Å². The molecule has 2 rings (SSSR count). The van der Waals surface area contributed by atoms with Gasteiger partial charge in [0.2, 0.25) is 0 Å². The lowest BCUT2D eigenvalue weighted by Gasteiger charge is -2.21. The van der Waals surface area contributed by atoms with Crippen molar-refractivity contribution in [3.63, 3.8) is 0 Å². The molecular formula is C15H21ClN2O2. The van der Waals surface area contributed by atoms with Gasteiger partial charge in [-0.05, 0) is 38.5 Å². The lowest BCUT2D eigenvalue weighted by atomic mass is 10.1. The van der Waals surface area contributed by atoms with E-state index >= 15 is 0 Å². The summed E-state index contributed by atoms with van der Waals surface area (Å²) in [7, 11) is 1.38. The summed E-state index contributed by atoms with van der Waals surface area (Å²) in [6, 6.07) is 6.16. The SMILES string of the molecule is COC(=O)c1cc(Cl)ccc1NC1CCN(C(C)C)C1. The first-order chi connectivity index (χ1) is 9.51. The molecule has 5 heteroatoms. The molecule has 0 bridgehead atoms. The van der Waals surface area contributed by atoms with Gasteiger partial charge in [-0.15, -0.1) is 0 Å². The molecule has 4 nitrogen and oxygen atoms in total. The number of carbonyl (C=O) groups is 1. The Hall–Kier alpha value is -1.26. The highest BCUT2D eigenvalue weighted by molar-refractivity contribution is 6.31. The maximum Gasteiger partial charge on any atom is 0.340 e. The molecule has 1 aromatic carbocycles. The Bertz CT molecular complexity index is 491. The van der Waals surface area contributed by atoms with Crippen molar-refractivity contribution in [3.8, 4) is 0 Å². The lowest BCUT2D eigenvalue weighted by molar-refractivity contribution is 0.0602. The van der Waals surface area contributed by atoms with Crippen molar-refractivity contribution in [1.82, 2.24) is 4.90 Å². The average Bonchev–Trinajstić information content (AvgIpc) is 2.88. The largest absolute Gasteiger partial charge is 0.465 e. The Balaban J connectivity index is 2.12. The molecule has 1 saturated heterocycles. The molecule has 1 aromatic rings. The van der Waals surface area contributed by atoms with E-state index in [4.69, 9.17) is 16.3 Å². The zero-order valence-electron chi connectivity index (χ0n) is 12.1. The van der Waals surface area contributed by atoms with Crippen LogP contribution in [-0.2, 0) is 4.74 Å². The Morgan fingerprint density at radius 1 is 1.50 bits per heavy atom. The molecule has 0 radical (unpaired) electrons. The van der Waals surface area contributed by atoms with Crippen LogP contribution in [-0.4, -0.2) is 43.2 Å². The molecule has 110 valence electrons. The number of nitrogens with zero attached hydrogens (tertiary/aromatic N) is 1. The Morgan fingerprint density at radius 2 is 2.25 bits per heavy atom. The Labute approximate surface area is 125 Å². The van der Waals surface area contributed by atoms with Gasteiger partial charge >= 0.3 is 5.97 Å². The highest BCUT2D eigenvalue weighted by Gasteiger charge is 2.25. The van der Waals surface area contributed by atoms with Crippen molar-refractivity contribution in [3.05, 3.63) is 28.8 Å². The molecule has 1 heterocycles. The zero-order valence-corrected chi connectivity index (χ0v) is 12.9. The number of hydrogen-bond acceptors (Lipinski definition) is 4. The van der Waals surface area contributed by atoms with Crippen LogP contribution in [0.1, 0.15) is 30.6 Å². The topological polar surface area (TPSA) is 41.6 Å². The van der Waals surface area contributed by atoms with E-state index < -0.39 is 0 Å². The second-order valence-corrected chi connectivity index (χ2v) is 5.84. The molecule has 1 atom stereocenters. The van der Waals surface area contributed by atoms with E-state index in [1.807, 2.05) is 6.07 Å². The van der Waals surface area contributed by atoms with Crippen molar-refractivity contribution >= 4 is 23.3 Å². The number of benzene rings is 1. The van der Waals surface area contributed by atoms with Gasteiger partial charge in [-0.2, -0.15) is 0 Å². The predicted octanol–water partition coefficient (Wildman–Crippen LogP) is 3.02. The number of esters is 1. The molecular weight excluding hydrogens is 276 g/mol. The molecule has 1 unspecified atom stereocenters. The summed E-state index contributed by atoms with van der Waals surface area (Å²) >= 11 is 5.96. The summed E-state index contributed by atoms with van der Waals surface area (Å²) < 4.78 is 4.81. The van der Waals surface area contributed by atoms with Gasteiger partial charge in [-0.3, -0.25) is 4.90 Å². The minimum atomic E-state index is -0.367. The van der Waals surface area contributed by atoms with Crippen LogP contribution in [0.3, 0.4) is 0 Å². The van der Waals surface area contributed by atoms with Crippen LogP contribution in [0.5, 0.6) is 0 Å². The standard InChI is InChI=1S/C15H21ClN2O2/c1-10(2)18-7-6-12(9-18)17-14-5-4-11(16)8-13(14)15(19)20-3/h4-5,8,10,12,17H,6-7,9H2,1-3H3. The molecule has 0 aliphatic carbocycles. The van der Waals surface area contributed by atoms with Crippen LogP contribution in [0.2, 0.25) is 5.02 Å². The number of carbonyl (C=O) groups excluding carboxylic acids is 1. The van der Waals surface area contributed by atoms with Crippen LogP contribution >= 0.6 is 11.6 Å². The zero-order chi connectivity index (χ0) is 14.7. The quantitative estimate of drug-likeness (QED) is 0.867. The van der Waals surface area contributed by atoms with Gasteiger partial charge < -0.3 is 10.1 Å². The van der Waals surface area contributed by atoms with Gasteiger partial charge in [0.25, 0.3) is 0 Å². The fraction of sp³-hybridized carbons (Fsp3) is 0.533. The number of anilines is 1. The van der Waals surface area contributed by atoms with Crippen molar-refractivity contribution in [1.29, 1.82) is 0 Å². The fourth-order valence-corrected chi connectivity index (χ4v) is 2.69. The van der Waals surface area contributed by atoms with Crippen LogP contribution in [0.25, 0.3) is 0 Å². The molecule has 0 amide bonds. The first-order valence-corrected chi connectivity index (χ1v) is 7.27. The molecule has 20 heavy (non-hydrogen) atoms. The van der Waals surface area contributed by atoms with Gasteiger partial charge in [0.05, 0.1) is 12.7 Å². The summed E-state index contributed by atoms with van der Waals surface area (Å²) in [6.07, 6.45) is 1.07. The van der Waals surface area contributed by atoms with Gasteiger partial charge in [-0.1, -0.05) is 11.6 Å². The van der Waals surface area contributed by atoms with E-state index in [0.29, 0.717) is 22.7 Å². The molecule has 0 saturated carbocycles. The third-order valence-corrected chi connectivity index (χ3v) is 3.93. The summed E-state index contributed by atoms with van der Waals surface area (Å²) in [6.45, 7) is 6.46. The first-order valence-electron chi connectivity index (χ1n) is 6.89. The van der Waals surface area contributed by atoms with Gasteiger partial charge in [0.15, 0.2) is 0 Å². The molecule has 0 spiro atoms. The van der Waals surface area contributed by atoms with Gasteiger partial charge in [0.1, 0.15) is 0 Å². The number of methoxy groups -OCH3 is 1. The van der Waals surface area contributed by atoms with Crippen LogP contribution in [0.15, 0.2) is 18.2 Å². The average molecular weight is 297 g/mol. The van der Waals surface area contributed by atoms with Crippen molar-refractivity contribution in [2.75, 3.05) is 25.5 Å². The van der Waals surface area contributed by atoms with Crippen molar-refractivity contribution < 1.29 is 9.53 Å². The van der Waals surface area contributed by atoms with E-state index in [2.05, 4.69) is 24.1 Å². The Kier molecular flexibility index (Phi) is 4.89. The number of rotatable bonds is 4. The Morgan fingerprint density at radius 3 is 2.85 bits per heavy atom. The predicted molar refractivity (Wildman–Crippen MR) is 81.5 cm³/mol. The summed E-state index contributed by atoms with van der Waals surface area (Å²) in [4.78, 5) is 14.2. The van der Waals surface area contributed by atoms with E-state index in [-0.39, 0.29) is 5.97 Å². The van der Waals surface area contributed by atoms with E-state index in [9.17, 15) is 4.79 Å². The number of nitrogens with one attached hydrogen (secondary N) is 1. The van der Waals surface area contributed by atoms with Crippen LogP contribution in [0, 0.1) is 0 Å². The highest BCUT2D eigenvalue weighted by atomic mass is 35.5. The maximum atomic E-state index is 11.8. The van der Waals surface area contributed by atoms with Crippen LogP contribution in [0.4, 0.5) is 5.69 Å². The van der Waals surface area contributed by atoms with E-state index in [0.717, 1.165) is 25.2 Å². The minimum absolute atomic E-state index is 0.349. The van der Waals surface area contributed by atoms with Crippen LogP contribution < -0.4 is 5.32 Å². The maximum absolute atomic E-state index is 11.8. The number of ether oxygens (including phenoxy) is 1. The van der Waals surface area contributed by atoms with Crippen molar-refractivity contribution in [2.24, 2.45) is 0 Å². The third-order valence-electron chi connectivity index (χ3n) is 3.70. The second kappa shape index (κ2) is 6.46. The summed E-state index contributed by atoms with van der Waals surface area (Å²) in [5, 5.41) is 3.97. The normalized spacial score (nSPS) is 19.4. The first kappa shape index (κ1) is 15.1. The van der Waals surface area contributed by atoms with E-state index in [1.54, 1.807) is 12.1 Å². The monoisotopic (exact) mass is 296 g/mol. The van der Waals surface area contributed by atoms with Gasteiger partial charge in [0, 0.05) is 35.9 Å². The molecule has 0 aromatic heterocycles. The fourth-order valence-electron chi connectivity index (χ4n) is 2.52. The highest BCUT2D eigenvalue weighted by Crippen LogP contribution is 2.24. The molecule has 1 aliphatic rings. The molecule has 1 fully saturated rings. The molecule has 1 aliphatic heterocycles.